The SMILES string of the molecule is CCCN(CC)CCNCCF. The van der Waals surface area contributed by atoms with E-state index in [-0.39, 0.29) is 6.67 Å². The maximum atomic E-state index is 11.7. The first-order valence-electron chi connectivity index (χ1n) is 4.84. The molecular weight excluding hydrogens is 155 g/mol. The number of nitrogens with zero attached hydrogens (tertiary/aromatic N) is 1. The molecule has 0 radical (unpaired) electrons. The third-order valence-corrected chi connectivity index (χ3v) is 1.86. The summed E-state index contributed by atoms with van der Waals surface area (Å²) < 4.78 is 11.7. The fourth-order valence-electron chi connectivity index (χ4n) is 1.17. The number of halogens is 1. The summed E-state index contributed by atoms with van der Waals surface area (Å²) in [7, 11) is 0. The summed E-state index contributed by atoms with van der Waals surface area (Å²) in [6.07, 6.45) is 1.19. The van der Waals surface area contributed by atoms with E-state index in [0.29, 0.717) is 6.54 Å². The highest BCUT2D eigenvalue weighted by Crippen LogP contribution is 1.88. The number of nitrogens with one attached hydrogen (secondary N) is 1. The fraction of sp³-hybridized carbons (Fsp3) is 1.00. The molecule has 0 saturated carbocycles. The molecule has 0 aromatic rings. The Morgan fingerprint density at radius 2 is 1.92 bits per heavy atom. The van der Waals surface area contributed by atoms with Crippen molar-refractivity contribution in [1.29, 1.82) is 0 Å². The topological polar surface area (TPSA) is 15.3 Å². The molecule has 1 N–H and O–H groups in total. The van der Waals surface area contributed by atoms with E-state index in [4.69, 9.17) is 0 Å². The number of alkyl halides is 1. The van der Waals surface area contributed by atoms with E-state index in [1.807, 2.05) is 0 Å². The van der Waals surface area contributed by atoms with Gasteiger partial charge in [-0.3, -0.25) is 0 Å². The zero-order valence-electron chi connectivity index (χ0n) is 8.27. The summed E-state index contributed by atoms with van der Waals surface area (Å²) in [5.74, 6) is 0. The summed E-state index contributed by atoms with van der Waals surface area (Å²) in [4.78, 5) is 2.37. The van der Waals surface area contributed by atoms with Gasteiger partial charge >= 0.3 is 0 Å². The molecule has 0 amide bonds. The second kappa shape index (κ2) is 8.94. The van der Waals surface area contributed by atoms with Gasteiger partial charge in [0, 0.05) is 19.6 Å². The van der Waals surface area contributed by atoms with E-state index >= 15 is 0 Å². The molecule has 0 heterocycles. The van der Waals surface area contributed by atoms with Gasteiger partial charge in [-0.1, -0.05) is 13.8 Å². The van der Waals surface area contributed by atoms with Crippen LogP contribution in [0, 0.1) is 0 Å². The van der Waals surface area contributed by atoms with Crippen molar-refractivity contribution in [1.82, 2.24) is 10.2 Å². The Hall–Kier alpha value is -0.150. The number of hydrogen-bond donors (Lipinski definition) is 1. The molecule has 2 nitrogen and oxygen atoms in total. The third kappa shape index (κ3) is 6.55. The standard InChI is InChI=1S/C9H21FN2/c1-3-8-12(4-2)9-7-11-6-5-10/h11H,3-9H2,1-2H3. The highest BCUT2D eigenvalue weighted by molar-refractivity contribution is 4.56. The van der Waals surface area contributed by atoms with Gasteiger partial charge < -0.3 is 10.2 Å². The fourth-order valence-corrected chi connectivity index (χ4v) is 1.17. The van der Waals surface area contributed by atoms with Crippen molar-refractivity contribution in [2.24, 2.45) is 0 Å². The molecular formula is C9H21FN2. The molecule has 0 aliphatic rings. The van der Waals surface area contributed by atoms with Gasteiger partial charge in [0.25, 0.3) is 0 Å². The minimum absolute atomic E-state index is 0.264. The van der Waals surface area contributed by atoms with Crippen LogP contribution < -0.4 is 5.32 Å². The molecule has 0 unspecified atom stereocenters. The number of hydrogen-bond acceptors (Lipinski definition) is 2. The molecule has 74 valence electrons. The van der Waals surface area contributed by atoms with Gasteiger partial charge in [-0.2, -0.15) is 0 Å². The van der Waals surface area contributed by atoms with Crippen LogP contribution in [0.5, 0.6) is 0 Å². The normalized spacial score (nSPS) is 11.0. The van der Waals surface area contributed by atoms with E-state index in [1.165, 1.54) is 6.42 Å². The second-order valence-corrected chi connectivity index (χ2v) is 2.87. The molecule has 0 aliphatic heterocycles. The average molecular weight is 176 g/mol. The molecule has 3 heteroatoms. The van der Waals surface area contributed by atoms with Gasteiger partial charge in [0.15, 0.2) is 0 Å². The van der Waals surface area contributed by atoms with E-state index in [9.17, 15) is 4.39 Å². The van der Waals surface area contributed by atoms with E-state index in [1.54, 1.807) is 0 Å². The summed E-state index contributed by atoms with van der Waals surface area (Å²) >= 11 is 0. The van der Waals surface area contributed by atoms with Crippen molar-refractivity contribution < 1.29 is 4.39 Å². The molecule has 0 aromatic heterocycles. The van der Waals surface area contributed by atoms with Crippen LogP contribution in [-0.4, -0.2) is 44.3 Å². The summed E-state index contributed by atoms with van der Waals surface area (Å²) in [6.45, 7) is 8.73. The quantitative estimate of drug-likeness (QED) is 0.560. The Balaban J connectivity index is 3.19. The van der Waals surface area contributed by atoms with Crippen molar-refractivity contribution in [2.75, 3.05) is 39.4 Å². The average Bonchev–Trinajstić information content (AvgIpc) is 2.10. The minimum atomic E-state index is -0.264. The smallest absolute Gasteiger partial charge is 0.102 e. The van der Waals surface area contributed by atoms with Crippen molar-refractivity contribution in [3.8, 4) is 0 Å². The second-order valence-electron chi connectivity index (χ2n) is 2.87. The van der Waals surface area contributed by atoms with Crippen LogP contribution in [0.1, 0.15) is 20.3 Å². The number of likely N-dealkylation sites (N-methyl/N-ethyl adjacent to an activating group) is 1. The van der Waals surface area contributed by atoms with Crippen molar-refractivity contribution >= 4 is 0 Å². The van der Waals surface area contributed by atoms with Crippen LogP contribution in [-0.2, 0) is 0 Å². The molecule has 0 atom stereocenters. The Morgan fingerprint density at radius 1 is 1.17 bits per heavy atom. The maximum Gasteiger partial charge on any atom is 0.102 e. The molecule has 0 spiro atoms. The third-order valence-electron chi connectivity index (χ3n) is 1.86. The largest absolute Gasteiger partial charge is 0.313 e. The monoisotopic (exact) mass is 176 g/mol. The molecule has 0 bridgehead atoms. The first-order valence-corrected chi connectivity index (χ1v) is 4.84. The molecule has 12 heavy (non-hydrogen) atoms. The summed E-state index contributed by atoms with van der Waals surface area (Å²) in [6, 6.07) is 0. The van der Waals surface area contributed by atoms with Crippen LogP contribution in [0.4, 0.5) is 4.39 Å². The Morgan fingerprint density at radius 3 is 2.42 bits per heavy atom. The van der Waals surface area contributed by atoms with E-state index in [2.05, 4.69) is 24.1 Å². The predicted octanol–water partition coefficient (Wildman–Crippen LogP) is 1.28. The van der Waals surface area contributed by atoms with Crippen molar-refractivity contribution in [3.63, 3.8) is 0 Å². The number of rotatable bonds is 8. The Bertz CT molecular complexity index is 88.6. The van der Waals surface area contributed by atoms with Gasteiger partial charge in [-0.15, -0.1) is 0 Å². The lowest BCUT2D eigenvalue weighted by atomic mass is 10.4. The molecule has 0 aromatic carbocycles. The summed E-state index contributed by atoms with van der Waals surface area (Å²) in [5, 5.41) is 3.04. The first kappa shape index (κ1) is 11.8. The van der Waals surface area contributed by atoms with E-state index in [0.717, 1.165) is 26.2 Å². The van der Waals surface area contributed by atoms with Gasteiger partial charge in [0.2, 0.25) is 0 Å². The highest BCUT2D eigenvalue weighted by atomic mass is 19.1. The molecule has 0 fully saturated rings. The van der Waals surface area contributed by atoms with Gasteiger partial charge in [0.05, 0.1) is 0 Å². The van der Waals surface area contributed by atoms with Crippen molar-refractivity contribution in [3.05, 3.63) is 0 Å². The predicted molar refractivity (Wildman–Crippen MR) is 51.2 cm³/mol. The maximum absolute atomic E-state index is 11.7. The van der Waals surface area contributed by atoms with Gasteiger partial charge in [0.1, 0.15) is 6.67 Å². The lowest BCUT2D eigenvalue weighted by molar-refractivity contribution is 0.286. The first-order chi connectivity index (χ1) is 5.85. The van der Waals surface area contributed by atoms with Gasteiger partial charge in [-0.05, 0) is 19.5 Å². The Kier molecular flexibility index (Phi) is 8.83. The Labute approximate surface area is 75.1 Å². The van der Waals surface area contributed by atoms with Crippen LogP contribution in [0.15, 0.2) is 0 Å². The highest BCUT2D eigenvalue weighted by Gasteiger charge is 1.98. The van der Waals surface area contributed by atoms with Crippen LogP contribution >= 0.6 is 0 Å². The van der Waals surface area contributed by atoms with Gasteiger partial charge in [-0.25, -0.2) is 4.39 Å². The van der Waals surface area contributed by atoms with Crippen LogP contribution in [0.25, 0.3) is 0 Å². The van der Waals surface area contributed by atoms with Crippen LogP contribution in [0.3, 0.4) is 0 Å². The zero-order chi connectivity index (χ0) is 9.23. The van der Waals surface area contributed by atoms with Crippen molar-refractivity contribution in [2.45, 2.75) is 20.3 Å². The van der Waals surface area contributed by atoms with E-state index < -0.39 is 0 Å². The summed E-state index contributed by atoms with van der Waals surface area (Å²) in [5.41, 5.74) is 0. The minimum Gasteiger partial charge on any atom is -0.313 e. The molecule has 0 rings (SSSR count). The molecule has 0 aliphatic carbocycles. The lowest BCUT2D eigenvalue weighted by Gasteiger charge is -2.19. The molecule has 0 saturated heterocycles. The van der Waals surface area contributed by atoms with Crippen LogP contribution in [0.2, 0.25) is 0 Å². The lowest BCUT2D eigenvalue weighted by Crippen LogP contribution is -2.33. The zero-order valence-corrected chi connectivity index (χ0v) is 8.27.